The molecular weight excluding hydrogens is 394 g/mol. The van der Waals surface area contributed by atoms with E-state index in [-0.39, 0.29) is 12.3 Å². The molecule has 0 aliphatic carbocycles. The summed E-state index contributed by atoms with van der Waals surface area (Å²) in [5.74, 6) is 1.92. The molecule has 0 radical (unpaired) electrons. The maximum atomic E-state index is 12.8. The fraction of sp³-hybridized carbons (Fsp3) is 0.227. The summed E-state index contributed by atoms with van der Waals surface area (Å²) in [5.41, 5.74) is 4.26. The zero-order chi connectivity index (χ0) is 22.0. The predicted octanol–water partition coefficient (Wildman–Crippen LogP) is 2.87. The first kappa shape index (κ1) is 20.3. The normalized spacial score (nSPS) is 10.8. The molecule has 9 heteroatoms. The average Bonchev–Trinajstić information content (AvgIpc) is 3.31. The number of tetrazole rings is 1. The Labute approximate surface area is 179 Å². The monoisotopic (exact) mass is 417 g/mol. The Hall–Kier alpha value is -4.01. The highest BCUT2D eigenvalue weighted by Crippen LogP contribution is 2.37. The molecule has 2 aromatic heterocycles. The highest BCUT2D eigenvalue weighted by atomic mass is 16.5. The van der Waals surface area contributed by atoms with Crippen LogP contribution < -0.4 is 10.1 Å². The van der Waals surface area contributed by atoms with Crippen molar-refractivity contribution in [2.24, 2.45) is 7.05 Å². The summed E-state index contributed by atoms with van der Waals surface area (Å²) in [7, 11) is 3.44. The number of anilines is 1. The number of benzene rings is 2. The van der Waals surface area contributed by atoms with Crippen LogP contribution in [0.4, 0.5) is 5.82 Å². The molecular formula is C22H23N7O2. The second-order valence-corrected chi connectivity index (χ2v) is 7.16. The lowest BCUT2D eigenvalue weighted by atomic mass is 10.0. The Morgan fingerprint density at radius 3 is 2.52 bits per heavy atom. The molecule has 0 atom stereocenters. The summed E-state index contributed by atoms with van der Waals surface area (Å²) in [6.07, 6.45) is 0.227. The molecule has 0 aliphatic rings. The van der Waals surface area contributed by atoms with Gasteiger partial charge in [-0.15, -0.1) is 5.10 Å². The number of hydrogen-bond acceptors (Lipinski definition) is 6. The lowest BCUT2D eigenvalue weighted by molar-refractivity contribution is -0.115. The van der Waals surface area contributed by atoms with Crippen LogP contribution in [0.5, 0.6) is 5.75 Å². The molecule has 0 aliphatic heterocycles. The molecule has 2 heterocycles. The summed E-state index contributed by atoms with van der Waals surface area (Å²) in [5, 5.41) is 19.0. The van der Waals surface area contributed by atoms with Gasteiger partial charge in [-0.3, -0.25) is 9.48 Å². The molecule has 9 nitrogen and oxygen atoms in total. The molecule has 4 rings (SSSR count). The van der Waals surface area contributed by atoms with Gasteiger partial charge in [-0.25, -0.2) is 0 Å². The Kier molecular flexibility index (Phi) is 5.48. The van der Waals surface area contributed by atoms with Crippen molar-refractivity contribution in [3.05, 3.63) is 65.6 Å². The van der Waals surface area contributed by atoms with E-state index in [0.717, 1.165) is 33.8 Å². The Morgan fingerprint density at radius 1 is 1.10 bits per heavy atom. The number of amides is 1. The molecule has 1 amide bonds. The largest absolute Gasteiger partial charge is 0.496 e. The van der Waals surface area contributed by atoms with Gasteiger partial charge >= 0.3 is 0 Å². The molecule has 0 unspecified atom stereocenters. The van der Waals surface area contributed by atoms with Gasteiger partial charge in [-0.2, -0.15) is 9.78 Å². The first-order valence-corrected chi connectivity index (χ1v) is 9.79. The van der Waals surface area contributed by atoms with E-state index >= 15 is 0 Å². The number of carbonyl (C=O) groups is 1. The van der Waals surface area contributed by atoms with E-state index in [9.17, 15) is 4.79 Å². The van der Waals surface area contributed by atoms with E-state index in [1.54, 1.807) is 16.5 Å². The second kappa shape index (κ2) is 8.39. The summed E-state index contributed by atoms with van der Waals surface area (Å²) in [6, 6.07) is 15.3. The van der Waals surface area contributed by atoms with Crippen molar-refractivity contribution in [1.82, 2.24) is 30.0 Å². The smallest absolute Gasteiger partial charge is 0.229 e. The molecule has 0 saturated heterocycles. The lowest BCUT2D eigenvalue weighted by Gasteiger charge is -2.12. The lowest BCUT2D eigenvalue weighted by Crippen LogP contribution is -2.17. The van der Waals surface area contributed by atoms with Crippen molar-refractivity contribution in [3.63, 3.8) is 0 Å². The summed E-state index contributed by atoms with van der Waals surface area (Å²) >= 11 is 0. The van der Waals surface area contributed by atoms with Crippen molar-refractivity contribution < 1.29 is 9.53 Å². The molecule has 1 N–H and O–H groups in total. The quantitative estimate of drug-likeness (QED) is 0.518. The van der Waals surface area contributed by atoms with E-state index in [0.29, 0.717) is 11.6 Å². The zero-order valence-corrected chi connectivity index (χ0v) is 17.8. The van der Waals surface area contributed by atoms with Crippen molar-refractivity contribution >= 4 is 11.7 Å². The first-order valence-electron chi connectivity index (χ1n) is 9.79. The Bertz CT molecular complexity index is 1230. The minimum Gasteiger partial charge on any atom is -0.496 e. The van der Waals surface area contributed by atoms with Gasteiger partial charge in [0.05, 0.1) is 30.5 Å². The number of aryl methyl sites for hydroxylation is 3. The van der Waals surface area contributed by atoms with Crippen LogP contribution in [-0.4, -0.2) is 43.0 Å². The Balaban J connectivity index is 1.55. The van der Waals surface area contributed by atoms with Crippen LogP contribution in [0.2, 0.25) is 0 Å². The molecule has 0 saturated carbocycles. The van der Waals surface area contributed by atoms with Gasteiger partial charge in [0.2, 0.25) is 5.91 Å². The van der Waals surface area contributed by atoms with Crippen molar-refractivity contribution in [3.8, 4) is 22.6 Å². The fourth-order valence-corrected chi connectivity index (χ4v) is 3.56. The fourth-order valence-electron chi connectivity index (χ4n) is 3.56. The number of rotatable bonds is 6. The molecule has 0 fully saturated rings. The number of para-hydroxylation sites is 1. The van der Waals surface area contributed by atoms with Crippen molar-refractivity contribution in [2.45, 2.75) is 20.3 Å². The minimum atomic E-state index is -0.134. The van der Waals surface area contributed by atoms with Crippen molar-refractivity contribution in [1.29, 1.82) is 0 Å². The van der Waals surface area contributed by atoms with Crippen LogP contribution in [0, 0.1) is 13.8 Å². The van der Waals surface area contributed by atoms with Crippen LogP contribution in [0.1, 0.15) is 17.1 Å². The summed E-state index contributed by atoms with van der Waals surface area (Å²) < 4.78 is 8.82. The zero-order valence-electron chi connectivity index (χ0n) is 17.8. The van der Waals surface area contributed by atoms with Gasteiger partial charge in [0.25, 0.3) is 0 Å². The first-order chi connectivity index (χ1) is 15.0. The number of methoxy groups -OCH3 is 1. The van der Waals surface area contributed by atoms with Crippen LogP contribution in [-0.2, 0) is 18.3 Å². The van der Waals surface area contributed by atoms with Crippen LogP contribution >= 0.6 is 0 Å². The average molecular weight is 417 g/mol. The number of nitrogens with zero attached hydrogens (tertiary/aromatic N) is 6. The second-order valence-electron chi connectivity index (χ2n) is 7.16. The minimum absolute atomic E-state index is 0.134. The van der Waals surface area contributed by atoms with E-state index in [2.05, 4.69) is 25.9 Å². The van der Waals surface area contributed by atoms with Crippen molar-refractivity contribution in [2.75, 3.05) is 12.4 Å². The third kappa shape index (κ3) is 4.02. The van der Waals surface area contributed by atoms with Gasteiger partial charge in [0.15, 0.2) is 5.82 Å². The van der Waals surface area contributed by atoms with E-state index in [1.165, 1.54) is 0 Å². The molecule has 31 heavy (non-hydrogen) atoms. The van der Waals surface area contributed by atoms with E-state index < -0.39 is 0 Å². The predicted molar refractivity (Wildman–Crippen MR) is 116 cm³/mol. The van der Waals surface area contributed by atoms with Gasteiger partial charge in [0.1, 0.15) is 11.6 Å². The molecule has 158 valence electrons. The maximum Gasteiger partial charge on any atom is 0.229 e. The maximum absolute atomic E-state index is 12.8. The number of hydrogen-bond donors (Lipinski definition) is 1. The van der Waals surface area contributed by atoms with Crippen LogP contribution in [0.15, 0.2) is 48.5 Å². The number of ether oxygens (including phenoxy) is 1. The third-order valence-corrected chi connectivity index (χ3v) is 5.03. The van der Waals surface area contributed by atoms with Crippen LogP contribution in [0.25, 0.3) is 16.8 Å². The molecule has 0 spiro atoms. The molecule has 2 aromatic carbocycles. The highest BCUT2D eigenvalue weighted by Gasteiger charge is 2.20. The highest BCUT2D eigenvalue weighted by molar-refractivity contribution is 5.96. The summed E-state index contributed by atoms with van der Waals surface area (Å²) in [6.45, 7) is 3.74. The number of aromatic nitrogens is 6. The topological polar surface area (TPSA) is 99.8 Å². The van der Waals surface area contributed by atoms with E-state index in [4.69, 9.17) is 4.74 Å². The number of carbonyl (C=O) groups excluding carboxylic acids is 1. The van der Waals surface area contributed by atoms with Crippen LogP contribution in [0.3, 0.4) is 0 Å². The third-order valence-electron chi connectivity index (χ3n) is 5.03. The van der Waals surface area contributed by atoms with E-state index in [1.807, 2.05) is 69.4 Å². The van der Waals surface area contributed by atoms with Gasteiger partial charge < -0.3 is 10.1 Å². The standard InChI is InChI=1S/C22H23N7O2/c1-14-21(18-7-5-6-8-19(18)31-4)22(28(3)25-14)23-20(30)13-16-9-11-17(12-10-16)29-15(2)24-26-27-29/h5-12H,13H2,1-4H3,(H,23,30). The molecule has 4 aromatic rings. The Morgan fingerprint density at radius 2 is 1.84 bits per heavy atom. The van der Waals surface area contributed by atoms with Gasteiger partial charge in [-0.1, -0.05) is 30.3 Å². The molecule has 0 bridgehead atoms. The SMILES string of the molecule is COc1ccccc1-c1c(C)nn(C)c1NC(=O)Cc1ccc(-n2nnnc2C)cc1. The summed E-state index contributed by atoms with van der Waals surface area (Å²) in [4.78, 5) is 12.8. The van der Waals surface area contributed by atoms with Gasteiger partial charge in [-0.05, 0) is 48.0 Å². The number of nitrogens with one attached hydrogen (secondary N) is 1. The van der Waals surface area contributed by atoms with Gasteiger partial charge in [0, 0.05) is 12.6 Å².